The molecule has 0 bridgehead atoms. The molecule has 0 nitrogen and oxygen atoms in total. The van der Waals surface area contributed by atoms with Crippen molar-refractivity contribution in [3.63, 3.8) is 0 Å². The number of benzene rings is 6. The summed E-state index contributed by atoms with van der Waals surface area (Å²) in [6, 6.07) is 42.2. The minimum absolute atomic E-state index is 0.208. The Bertz CT molecular complexity index is 2650. The molecule has 5 aliphatic rings. The minimum Gasteiger partial charge on any atom is -0.0911 e. The first-order valence-corrected chi connectivity index (χ1v) is 20.2. The number of rotatable bonds is 3. The molecule has 6 aromatic carbocycles. The first kappa shape index (κ1) is 30.9. The van der Waals surface area contributed by atoms with Crippen molar-refractivity contribution in [2.75, 3.05) is 0 Å². The second-order valence-electron chi connectivity index (χ2n) is 16.3. The zero-order valence-electron chi connectivity index (χ0n) is 29.6. The maximum absolute atomic E-state index is 2.51. The monoisotopic (exact) mass is 700 g/mol. The summed E-state index contributed by atoms with van der Waals surface area (Å²) < 4.78 is 0. The first-order valence-electron chi connectivity index (χ1n) is 18.6. The van der Waals surface area contributed by atoms with Gasteiger partial charge in [-0.3, -0.25) is 0 Å². The van der Waals surface area contributed by atoms with Crippen LogP contribution in [0.15, 0.2) is 171 Å². The van der Waals surface area contributed by atoms with Crippen LogP contribution in [0.4, 0.5) is 0 Å². The molecule has 0 spiro atoms. The average Bonchev–Trinajstić information content (AvgIpc) is 3.15. The SMILES string of the molecule is CC(C)(C)Cc1cc2c3c(c1)Sc1ccc(-c4ccccc4)cc1B3c1ccc(-c3cc4c5c(cccc5c3)C3C=CC=C5C=CC=C4C53)cc1S2. The lowest BCUT2D eigenvalue weighted by atomic mass is 9.36. The van der Waals surface area contributed by atoms with Crippen molar-refractivity contribution in [1.29, 1.82) is 0 Å². The van der Waals surface area contributed by atoms with Gasteiger partial charge in [0.1, 0.15) is 0 Å². The van der Waals surface area contributed by atoms with Gasteiger partial charge in [-0.2, -0.15) is 0 Å². The maximum atomic E-state index is 2.51. The van der Waals surface area contributed by atoms with Crippen molar-refractivity contribution >= 4 is 63.0 Å². The van der Waals surface area contributed by atoms with E-state index < -0.39 is 0 Å². The lowest BCUT2D eigenvalue weighted by Gasteiger charge is -2.38. The number of hydrogen-bond acceptors (Lipinski definition) is 2. The van der Waals surface area contributed by atoms with Crippen molar-refractivity contribution in [2.45, 2.75) is 52.7 Å². The molecule has 0 aromatic heterocycles. The van der Waals surface area contributed by atoms with Crippen molar-refractivity contribution in [3.8, 4) is 22.3 Å². The van der Waals surface area contributed by atoms with Crippen LogP contribution >= 0.6 is 23.5 Å². The molecule has 3 aliphatic carbocycles. The number of hydrogen-bond donors (Lipinski definition) is 0. The third kappa shape index (κ3) is 4.79. The summed E-state index contributed by atoms with van der Waals surface area (Å²) in [6.45, 7) is 7.26. The van der Waals surface area contributed by atoms with Gasteiger partial charge in [0.25, 0.3) is 0 Å². The zero-order valence-corrected chi connectivity index (χ0v) is 31.2. The highest BCUT2D eigenvalue weighted by Crippen LogP contribution is 2.53. The average molecular weight is 701 g/mol. The molecule has 248 valence electrons. The van der Waals surface area contributed by atoms with E-state index in [9.17, 15) is 0 Å². The highest BCUT2D eigenvalue weighted by molar-refractivity contribution is 8.01. The topological polar surface area (TPSA) is 0 Å². The van der Waals surface area contributed by atoms with E-state index in [2.05, 4.69) is 166 Å². The van der Waals surface area contributed by atoms with Gasteiger partial charge in [-0.25, -0.2) is 0 Å². The van der Waals surface area contributed by atoms with Crippen molar-refractivity contribution in [2.24, 2.45) is 11.3 Å². The fraction of sp³-hybridized carbons (Fsp3) is 0.143. The highest BCUT2D eigenvalue weighted by atomic mass is 32.2. The van der Waals surface area contributed by atoms with Gasteiger partial charge in [0.15, 0.2) is 0 Å². The number of fused-ring (bicyclic) bond motifs is 6. The Morgan fingerprint density at radius 2 is 1.44 bits per heavy atom. The summed E-state index contributed by atoms with van der Waals surface area (Å²) in [6.07, 6.45) is 15.0. The Kier molecular flexibility index (Phi) is 6.77. The van der Waals surface area contributed by atoms with E-state index in [1.807, 2.05) is 23.5 Å². The predicted molar refractivity (Wildman–Crippen MR) is 224 cm³/mol. The van der Waals surface area contributed by atoms with Crippen LogP contribution in [0.2, 0.25) is 0 Å². The summed E-state index contributed by atoms with van der Waals surface area (Å²) >= 11 is 3.95. The van der Waals surface area contributed by atoms with Gasteiger partial charge >= 0.3 is 0 Å². The Balaban J connectivity index is 1.08. The predicted octanol–water partition coefficient (Wildman–Crippen LogP) is 11.4. The fourth-order valence-electron chi connectivity index (χ4n) is 9.53. The van der Waals surface area contributed by atoms with Crippen molar-refractivity contribution in [3.05, 3.63) is 168 Å². The molecular formula is C49H37BS2. The molecule has 2 heterocycles. The van der Waals surface area contributed by atoms with Gasteiger partial charge in [-0.1, -0.05) is 164 Å². The molecule has 2 aliphatic heterocycles. The smallest absolute Gasteiger partial charge is 0.0911 e. The van der Waals surface area contributed by atoms with Gasteiger partial charge in [0.05, 0.1) is 0 Å². The van der Waals surface area contributed by atoms with Crippen LogP contribution in [0.25, 0.3) is 38.6 Å². The molecule has 0 N–H and O–H groups in total. The molecule has 2 unspecified atom stereocenters. The molecular weight excluding hydrogens is 663 g/mol. The molecule has 2 atom stereocenters. The third-order valence-corrected chi connectivity index (χ3v) is 13.9. The van der Waals surface area contributed by atoms with Gasteiger partial charge in [0.2, 0.25) is 6.71 Å². The van der Waals surface area contributed by atoms with Gasteiger partial charge < -0.3 is 0 Å². The standard InChI is InChI=1S/C49H37BS2/c1-49(2,3)28-29-22-44-48-45(23-29)52-43-27-33(18-20-40(43)50(48)41-26-32(19-21-42(41)51-44)30-10-5-4-6-11-30)35-24-34-14-9-16-37-36-15-7-12-31-13-8-17-38(46(31)36)39(25-35)47(34)37/h4-27,36,46H,28H2,1-3H3. The van der Waals surface area contributed by atoms with E-state index >= 15 is 0 Å². The summed E-state index contributed by atoms with van der Waals surface area (Å²) in [5.74, 6) is 0.783. The van der Waals surface area contributed by atoms with E-state index in [0.29, 0.717) is 11.8 Å². The lowest BCUT2D eigenvalue weighted by Crippen LogP contribution is -2.58. The van der Waals surface area contributed by atoms with E-state index in [0.717, 1.165) is 6.42 Å². The van der Waals surface area contributed by atoms with Crippen LogP contribution in [-0.2, 0) is 6.42 Å². The normalized spacial score (nSPS) is 18.6. The summed E-state index contributed by atoms with van der Waals surface area (Å²) in [4.78, 5) is 5.60. The van der Waals surface area contributed by atoms with E-state index in [4.69, 9.17) is 0 Å². The van der Waals surface area contributed by atoms with Crippen molar-refractivity contribution in [1.82, 2.24) is 0 Å². The van der Waals surface area contributed by atoms with Crippen LogP contribution in [0.5, 0.6) is 0 Å². The van der Waals surface area contributed by atoms with E-state index in [1.165, 1.54) is 96.8 Å². The van der Waals surface area contributed by atoms with Gasteiger partial charge in [-0.15, -0.1) is 0 Å². The minimum atomic E-state index is 0.208. The second-order valence-corrected chi connectivity index (χ2v) is 18.4. The Morgan fingerprint density at radius 1 is 0.635 bits per heavy atom. The van der Waals surface area contributed by atoms with Crippen LogP contribution in [0.1, 0.15) is 43.4 Å². The molecule has 11 rings (SSSR count). The molecule has 0 fully saturated rings. The Hall–Kier alpha value is -4.70. The van der Waals surface area contributed by atoms with E-state index in [1.54, 1.807) is 0 Å². The summed E-state index contributed by atoms with van der Waals surface area (Å²) in [5, 5.41) is 2.76. The summed E-state index contributed by atoms with van der Waals surface area (Å²) in [5.41, 5.74) is 16.9. The fourth-order valence-corrected chi connectivity index (χ4v) is 12.1. The lowest BCUT2D eigenvalue weighted by molar-refractivity contribution is 0.410. The number of allylic oxidation sites excluding steroid dienone is 8. The molecule has 3 heteroatoms. The summed E-state index contributed by atoms with van der Waals surface area (Å²) in [7, 11) is 0. The quantitative estimate of drug-likeness (QED) is 0.168. The van der Waals surface area contributed by atoms with E-state index in [-0.39, 0.29) is 12.1 Å². The molecule has 0 saturated heterocycles. The second kappa shape index (κ2) is 11.4. The largest absolute Gasteiger partial charge is 0.247 e. The zero-order chi connectivity index (χ0) is 34.7. The van der Waals surface area contributed by atoms with Crippen LogP contribution in [0, 0.1) is 11.3 Å². The van der Waals surface area contributed by atoms with Gasteiger partial charge in [-0.05, 0) is 115 Å². The Morgan fingerprint density at radius 3 is 2.29 bits per heavy atom. The third-order valence-electron chi connectivity index (χ3n) is 11.6. The van der Waals surface area contributed by atoms with Crippen LogP contribution < -0.4 is 16.4 Å². The van der Waals surface area contributed by atoms with Crippen LogP contribution in [0.3, 0.4) is 0 Å². The first-order chi connectivity index (χ1) is 25.4. The molecule has 6 aromatic rings. The highest BCUT2D eigenvalue weighted by Gasteiger charge is 2.40. The van der Waals surface area contributed by atoms with Crippen molar-refractivity contribution < 1.29 is 0 Å². The molecule has 52 heavy (non-hydrogen) atoms. The molecule has 0 radical (unpaired) electrons. The molecule has 0 saturated carbocycles. The maximum Gasteiger partial charge on any atom is 0.247 e. The van der Waals surface area contributed by atoms with Crippen LogP contribution in [-0.4, -0.2) is 6.71 Å². The molecule has 0 amide bonds. The van der Waals surface area contributed by atoms with Gasteiger partial charge in [0, 0.05) is 31.4 Å². The Labute approximate surface area is 315 Å².